The van der Waals surface area contributed by atoms with Gasteiger partial charge < -0.3 is 24.2 Å². The normalized spacial score (nSPS) is 21.6. The number of halogens is 5. The number of ether oxygens (including phenoxy) is 2. The highest BCUT2D eigenvalue weighted by Crippen LogP contribution is 2.47. The molecule has 13 heteroatoms. The summed E-state index contributed by atoms with van der Waals surface area (Å²) in [5.41, 5.74) is 0.140. The maximum atomic E-state index is 13.8. The van der Waals surface area contributed by atoms with E-state index in [9.17, 15) is 22.8 Å². The number of aromatic nitrogens is 1. The largest absolute Gasteiger partial charge is 0.465 e. The van der Waals surface area contributed by atoms with Crippen LogP contribution in [-0.4, -0.2) is 47.4 Å². The number of methoxy groups -OCH3 is 1. The van der Waals surface area contributed by atoms with Crippen LogP contribution in [0.5, 0.6) is 0 Å². The van der Waals surface area contributed by atoms with E-state index in [1.54, 1.807) is 23.1 Å². The predicted molar refractivity (Wildman–Crippen MR) is 152 cm³/mol. The molecule has 2 bridgehead atoms. The number of carbonyl (C=O) groups excluding carboxylic acids is 2. The summed E-state index contributed by atoms with van der Waals surface area (Å²) in [6.45, 7) is 0.226. The van der Waals surface area contributed by atoms with Crippen LogP contribution in [0.3, 0.4) is 0 Å². The SMILES string of the molecule is COC(=O)c1ccc(NC(=O)N2C3CCC2CC(OCc2c(-c4c(Cl)cccc4Cl)noc2C2CC2)C3)c(C(F)(F)F)c1. The van der Waals surface area contributed by atoms with Crippen molar-refractivity contribution in [3.63, 3.8) is 0 Å². The minimum Gasteiger partial charge on any atom is -0.465 e. The molecular weight excluding hydrogens is 610 g/mol. The quantitative estimate of drug-likeness (QED) is 0.263. The Hall–Kier alpha value is -3.28. The topological polar surface area (TPSA) is 93.9 Å². The second kappa shape index (κ2) is 11.7. The van der Waals surface area contributed by atoms with E-state index in [4.69, 9.17) is 32.5 Å². The van der Waals surface area contributed by atoms with Crippen molar-refractivity contribution in [3.8, 4) is 11.3 Å². The lowest BCUT2D eigenvalue weighted by molar-refractivity contribution is -0.136. The van der Waals surface area contributed by atoms with E-state index in [0.29, 0.717) is 53.1 Å². The fourth-order valence-electron chi connectivity index (χ4n) is 6.16. The van der Waals surface area contributed by atoms with Crippen molar-refractivity contribution in [2.75, 3.05) is 12.4 Å². The van der Waals surface area contributed by atoms with Gasteiger partial charge in [-0.15, -0.1) is 0 Å². The van der Waals surface area contributed by atoms with Crippen molar-refractivity contribution >= 4 is 40.9 Å². The molecule has 3 heterocycles. The molecule has 3 aliphatic rings. The molecule has 8 nitrogen and oxygen atoms in total. The maximum absolute atomic E-state index is 13.8. The van der Waals surface area contributed by atoms with E-state index in [-0.39, 0.29) is 36.3 Å². The third-order valence-corrected chi connectivity index (χ3v) is 8.97. The van der Waals surface area contributed by atoms with Gasteiger partial charge in [-0.25, -0.2) is 9.59 Å². The molecule has 1 aliphatic carbocycles. The summed E-state index contributed by atoms with van der Waals surface area (Å²) in [5, 5.41) is 7.64. The van der Waals surface area contributed by atoms with E-state index >= 15 is 0 Å². The van der Waals surface area contributed by atoms with Gasteiger partial charge in [0.2, 0.25) is 0 Å². The van der Waals surface area contributed by atoms with Crippen LogP contribution in [0.1, 0.15) is 71.7 Å². The summed E-state index contributed by atoms with van der Waals surface area (Å²) < 4.78 is 58.1. The van der Waals surface area contributed by atoms with Crippen LogP contribution < -0.4 is 5.32 Å². The molecule has 1 N–H and O–H groups in total. The second-order valence-electron chi connectivity index (χ2n) is 11.1. The Balaban J connectivity index is 1.15. The van der Waals surface area contributed by atoms with Crippen molar-refractivity contribution in [3.05, 3.63) is 68.9 Å². The predicted octanol–water partition coefficient (Wildman–Crippen LogP) is 8.08. The molecule has 2 amide bonds. The number of carbonyl (C=O) groups is 2. The lowest BCUT2D eigenvalue weighted by Gasteiger charge is -2.38. The number of nitrogens with zero attached hydrogens (tertiary/aromatic N) is 2. The van der Waals surface area contributed by atoms with Gasteiger partial charge in [0.25, 0.3) is 0 Å². The highest BCUT2D eigenvalue weighted by atomic mass is 35.5. The second-order valence-corrected chi connectivity index (χ2v) is 11.9. The Bertz CT molecular complexity index is 1520. The summed E-state index contributed by atoms with van der Waals surface area (Å²) >= 11 is 12.9. The first-order valence-corrected chi connectivity index (χ1v) is 14.7. The first-order chi connectivity index (χ1) is 20.5. The van der Waals surface area contributed by atoms with Gasteiger partial charge in [-0.1, -0.05) is 34.4 Å². The zero-order valence-corrected chi connectivity index (χ0v) is 24.6. The number of piperidine rings is 1. The van der Waals surface area contributed by atoms with Crippen LogP contribution in [0.25, 0.3) is 11.3 Å². The van der Waals surface area contributed by atoms with Gasteiger partial charge in [-0.05, 0) is 68.9 Å². The molecule has 2 aromatic carbocycles. The Labute approximate surface area is 255 Å². The lowest BCUT2D eigenvalue weighted by Crippen LogP contribution is -2.50. The number of hydrogen-bond acceptors (Lipinski definition) is 6. The summed E-state index contributed by atoms with van der Waals surface area (Å²) in [7, 11) is 1.08. The van der Waals surface area contributed by atoms with Crippen molar-refractivity contribution in [1.82, 2.24) is 10.1 Å². The van der Waals surface area contributed by atoms with E-state index < -0.39 is 29.4 Å². The average Bonchev–Trinajstić information content (AvgIpc) is 3.67. The molecule has 3 fully saturated rings. The Morgan fingerprint density at radius 2 is 1.74 bits per heavy atom. The number of esters is 1. The average molecular weight is 638 g/mol. The highest BCUT2D eigenvalue weighted by Gasteiger charge is 2.45. The van der Waals surface area contributed by atoms with Crippen molar-refractivity contribution < 1.29 is 36.8 Å². The molecule has 2 saturated heterocycles. The van der Waals surface area contributed by atoms with Crippen molar-refractivity contribution in [2.24, 2.45) is 0 Å². The fourth-order valence-corrected chi connectivity index (χ4v) is 6.73. The number of hydrogen-bond donors (Lipinski definition) is 1. The number of nitrogens with one attached hydrogen (secondary N) is 1. The van der Waals surface area contributed by atoms with E-state index in [2.05, 4.69) is 15.2 Å². The molecule has 2 atom stereocenters. The minimum absolute atomic E-state index is 0.178. The smallest absolute Gasteiger partial charge is 0.418 e. The van der Waals surface area contributed by atoms with Gasteiger partial charge in [0.15, 0.2) is 0 Å². The van der Waals surface area contributed by atoms with Crippen LogP contribution in [0.4, 0.5) is 23.7 Å². The Morgan fingerprint density at radius 3 is 2.35 bits per heavy atom. The van der Waals surface area contributed by atoms with Crippen LogP contribution in [-0.2, 0) is 22.3 Å². The molecule has 0 spiro atoms. The van der Waals surface area contributed by atoms with Gasteiger partial charge in [0.05, 0.1) is 46.7 Å². The third kappa shape index (κ3) is 5.94. The first-order valence-electron chi connectivity index (χ1n) is 14.0. The Morgan fingerprint density at radius 1 is 1.07 bits per heavy atom. The molecule has 6 rings (SSSR count). The third-order valence-electron chi connectivity index (χ3n) is 8.34. The molecule has 3 aromatic rings. The number of alkyl halides is 3. The van der Waals surface area contributed by atoms with Gasteiger partial charge >= 0.3 is 18.2 Å². The molecule has 228 valence electrons. The molecule has 0 radical (unpaired) electrons. The van der Waals surface area contributed by atoms with Gasteiger partial charge in [-0.3, -0.25) is 0 Å². The summed E-state index contributed by atoms with van der Waals surface area (Å²) in [4.78, 5) is 26.7. The highest BCUT2D eigenvalue weighted by molar-refractivity contribution is 6.39. The molecule has 2 aliphatic heterocycles. The number of amides is 2. The van der Waals surface area contributed by atoms with Crippen molar-refractivity contribution in [1.29, 1.82) is 0 Å². The number of rotatable bonds is 7. The van der Waals surface area contributed by atoms with Crippen molar-refractivity contribution in [2.45, 2.75) is 75.4 Å². The molecule has 1 saturated carbocycles. The van der Waals surface area contributed by atoms with E-state index in [1.165, 1.54) is 6.07 Å². The number of fused-ring (bicyclic) bond motifs is 2. The molecule has 2 unspecified atom stereocenters. The van der Waals surface area contributed by atoms with Gasteiger partial charge in [0, 0.05) is 29.1 Å². The maximum Gasteiger partial charge on any atom is 0.418 e. The zero-order valence-electron chi connectivity index (χ0n) is 23.0. The zero-order chi connectivity index (χ0) is 30.5. The van der Waals surface area contributed by atoms with Crippen LogP contribution in [0.2, 0.25) is 10.0 Å². The van der Waals surface area contributed by atoms with Crippen LogP contribution in [0, 0.1) is 0 Å². The lowest BCUT2D eigenvalue weighted by atomic mass is 9.99. The number of benzene rings is 2. The van der Waals surface area contributed by atoms with Crippen LogP contribution in [0.15, 0.2) is 40.9 Å². The summed E-state index contributed by atoms with van der Waals surface area (Å²) in [5.74, 6) is 0.136. The van der Waals surface area contributed by atoms with E-state index in [1.807, 2.05) is 0 Å². The fraction of sp³-hybridized carbons (Fsp3) is 0.433. The van der Waals surface area contributed by atoms with E-state index in [0.717, 1.165) is 37.3 Å². The first kappa shape index (κ1) is 29.8. The summed E-state index contributed by atoms with van der Waals surface area (Å²) in [6, 6.07) is 7.16. The number of anilines is 1. The Kier molecular flexibility index (Phi) is 8.08. The standard InChI is InChI=1S/C30H28Cl2F3N3O5/c1-41-28(39)16-7-10-24(21(11-16)30(33,34)35)36-29(40)38-17-8-9-18(38)13-19(12-17)42-14-20-26(37-43-27(20)15-5-6-15)25-22(31)3-2-4-23(25)32/h2-4,7,10-11,15,17-19H,5-6,8-9,12-14H2,1H3,(H,36,40). The number of urea groups is 1. The molecule has 43 heavy (non-hydrogen) atoms. The van der Waals surface area contributed by atoms with Crippen LogP contribution >= 0.6 is 23.2 Å². The minimum atomic E-state index is -4.79. The van der Waals surface area contributed by atoms with Gasteiger partial charge in [0.1, 0.15) is 11.5 Å². The monoisotopic (exact) mass is 637 g/mol. The molecular formula is C30H28Cl2F3N3O5. The molecule has 1 aromatic heterocycles. The summed E-state index contributed by atoms with van der Waals surface area (Å²) in [6.07, 6.45) is -0.482. The van der Waals surface area contributed by atoms with Gasteiger partial charge in [-0.2, -0.15) is 13.2 Å².